The molecule has 0 aliphatic heterocycles. The van der Waals surface area contributed by atoms with E-state index in [1.165, 1.54) is 6.21 Å². The number of hydrazone groups is 1. The normalized spacial score (nSPS) is 9.80. The quantitative estimate of drug-likeness (QED) is 0.559. The maximum Gasteiger partial charge on any atom is 0.332 e. The fraction of sp³-hybridized carbons (Fsp3) is 0.100. The number of benzene rings is 1. The Morgan fingerprint density at radius 1 is 1.67 bits per heavy atom. The second-order valence-electron chi connectivity index (χ2n) is 2.81. The second kappa shape index (κ2) is 5.40. The Kier molecular flexibility index (Phi) is 3.86. The van der Waals surface area contributed by atoms with Crippen LogP contribution in [0.25, 0.3) is 0 Å². The lowest BCUT2D eigenvalue weighted by molar-refractivity contribution is 0.249. The summed E-state index contributed by atoms with van der Waals surface area (Å²) in [4.78, 5) is 10.3. The SMILES string of the molecule is N#CCc1cccc(C=NNC(N)=O)c1. The van der Waals surface area contributed by atoms with Crippen LogP contribution in [0.2, 0.25) is 0 Å². The first-order valence-corrected chi connectivity index (χ1v) is 4.27. The molecule has 15 heavy (non-hydrogen) atoms. The number of primary amides is 1. The third-order valence-electron chi connectivity index (χ3n) is 1.62. The van der Waals surface area contributed by atoms with Crippen LogP contribution >= 0.6 is 0 Å². The number of carbonyl (C=O) groups excluding carboxylic acids is 1. The van der Waals surface area contributed by atoms with Crippen molar-refractivity contribution in [3.05, 3.63) is 35.4 Å². The zero-order valence-corrected chi connectivity index (χ0v) is 7.97. The summed E-state index contributed by atoms with van der Waals surface area (Å²) < 4.78 is 0. The van der Waals surface area contributed by atoms with Gasteiger partial charge in [0.15, 0.2) is 0 Å². The first-order valence-electron chi connectivity index (χ1n) is 4.27. The van der Waals surface area contributed by atoms with E-state index in [4.69, 9.17) is 11.0 Å². The van der Waals surface area contributed by atoms with Crippen LogP contribution < -0.4 is 11.2 Å². The van der Waals surface area contributed by atoms with Crippen LogP contribution in [0, 0.1) is 11.3 Å². The van der Waals surface area contributed by atoms with Crippen LogP contribution in [0.1, 0.15) is 11.1 Å². The third-order valence-corrected chi connectivity index (χ3v) is 1.62. The lowest BCUT2D eigenvalue weighted by Gasteiger charge is -1.96. The highest BCUT2D eigenvalue weighted by Crippen LogP contribution is 2.03. The number of hydrogen-bond acceptors (Lipinski definition) is 3. The van der Waals surface area contributed by atoms with Gasteiger partial charge in [-0.05, 0) is 17.2 Å². The topological polar surface area (TPSA) is 91.3 Å². The van der Waals surface area contributed by atoms with E-state index in [0.717, 1.165) is 11.1 Å². The Labute approximate surface area is 87.2 Å². The van der Waals surface area contributed by atoms with Crippen molar-refractivity contribution < 1.29 is 4.79 Å². The van der Waals surface area contributed by atoms with Crippen molar-refractivity contribution >= 4 is 12.2 Å². The molecular weight excluding hydrogens is 192 g/mol. The van der Waals surface area contributed by atoms with Crippen molar-refractivity contribution in [1.82, 2.24) is 5.43 Å². The van der Waals surface area contributed by atoms with Crippen LogP contribution in [0.5, 0.6) is 0 Å². The Bertz CT molecular complexity index is 420. The number of rotatable bonds is 3. The zero-order valence-electron chi connectivity index (χ0n) is 7.97. The van der Waals surface area contributed by atoms with Gasteiger partial charge in [0.2, 0.25) is 0 Å². The van der Waals surface area contributed by atoms with Crippen molar-refractivity contribution in [3.63, 3.8) is 0 Å². The molecule has 0 fully saturated rings. The summed E-state index contributed by atoms with van der Waals surface area (Å²) in [7, 11) is 0. The standard InChI is InChI=1S/C10H10N4O/c11-5-4-8-2-1-3-9(6-8)7-13-14-10(12)15/h1-3,6-7H,4H2,(H3,12,14,15). The molecule has 0 heterocycles. The van der Waals surface area contributed by atoms with Crippen molar-refractivity contribution in [2.45, 2.75) is 6.42 Å². The van der Waals surface area contributed by atoms with Crippen molar-refractivity contribution in [1.29, 1.82) is 5.26 Å². The molecule has 1 rings (SSSR count). The number of urea groups is 1. The number of nitrogens with one attached hydrogen (secondary N) is 1. The first-order chi connectivity index (χ1) is 7.22. The molecule has 0 aromatic heterocycles. The summed E-state index contributed by atoms with van der Waals surface area (Å²) in [5.41, 5.74) is 8.62. The maximum atomic E-state index is 10.3. The number of carbonyl (C=O) groups is 1. The van der Waals surface area contributed by atoms with Crippen LogP contribution in [-0.4, -0.2) is 12.2 Å². The molecule has 0 aliphatic rings. The van der Waals surface area contributed by atoms with E-state index < -0.39 is 6.03 Å². The number of nitrogens with zero attached hydrogens (tertiary/aromatic N) is 2. The Hall–Kier alpha value is -2.35. The predicted molar refractivity (Wildman–Crippen MR) is 56.1 cm³/mol. The van der Waals surface area contributed by atoms with E-state index in [2.05, 4.69) is 16.6 Å². The Morgan fingerprint density at radius 2 is 2.47 bits per heavy atom. The molecule has 0 saturated heterocycles. The van der Waals surface area contributed by atoms with Gasteiger partial charge in [0.1, 0.15) is 0 Å². The minimum absolute atomic E-state index is 0.352. The summed E-state index contributed by atoms with van der Waals surface area (Å²) in [6.07, 6.45) is 1.82. The van der Waals surface area contributed by atoms with Gasteiger partial charge >= 0.3 is 6.03 Å². The molecule has 0 saturated carbocycles. The predicted octanol–water partition coefficient (Wildman–Crippen LogP) is 0.755. The van der Waals surface area contributed by atoms with Gasteiger partial charge in [-0.1, -0.05) is 18.2 Å². The van der Waals surface area contributed by atoms with Gasteiger partial charge in [-0.25, -0.2) is 10.2 Å². The highest BCUT2D eigenvalue weighted by atomic mass is 16.2. The average molecular weight is 202 g/mol. The maximum absolute atomic E-state index is 10.3. The highest BCUT2D eigenvalue weighted by molar-refractivity contribution is 5.81. The molecule has 0 unspecified atom stereocenters. The van der Waals surface area contributed by atoms with Crippen LogP contribution in [0.3, 0.4) is 0 Å². The lowest BCUT2D eigenvalue weighted by Crippen LogP contribution is -2.24. The molecule has 0 radical (unpaired) electrons. The van der Waals surface area contributed by atoms with E-state index in [0.29, 0.717) is 6.42 Å². The minimum Gasteiger partial charge on any atom is -0.350 e. The largest absolute Gasteiger partial charge is 0.350 e. The molecule has 76 valence electrons. The molecule has 1 aromatic carbocycles. The molecule has 0 spiro atoms. The summed E-state index contributed by atoms with van der Waals surface area (Å²) >= 11 is 0. The van der Waals surface area contributed by atoms with Gasteiger partial charge in [-0.2, -0.15) is 10.4 Å². The van der Waals surface area contributed by atoms with Crippen LogP contribution in [-0.2, 0) is 6.42 Å². The van der Waals surface area contributed by atoms with Gasteiger partial charge in [-0.15, -0.1) is 0 Å². The smallest absolute Gasteiger partial charge is 0.332 e. The monoisotopic (exact) mass is 202 g/mol. The first kappa shape index (κ1) is 10.7. The highest BCUT2D eigenvalue weighted by Gasteiger charge is 1.93. The third kappa shape index (κ3) is 3.91. The lowest BCUT2D eigenvalue weighted by atomic mass is 10.1. The van der Waals surface area contributed by atoms with Gasteiger partial charge < -0.3 is 5.73 Å². The molecule has 5 nitrogen and oxygen atoms in total. The molecule has 0 aliphatic carbocycles. The molecule has 1 aromatic rings. The molecule has 0 bridgehead atoms. The van der Waals surface area contributed by atoms with Gasteiger partial charge in [0.05, 0.1) is 18.7 Å². The fourth-order valence-corrected chi connectivity index (χ4v) is 1.05. The van der Waals surface area contributed by atoms with Crippen molar-refractivity contribution in [3.8, 4) is 6.07 Å². The Balaban J connectivity index is 2.69. The molecule has 2 amide bonds. The number of hydrogen-bond donors (Lipinski definition) is 2. The summed E-state index contributed by atoms with van der Waals surface area (Å²) in [6.45, 7) is 0. The van der Waals surface area contributed by atoms with E-state index >= 15 is 0 Å². The fourth-order valence-electron chi connectivity index (χ4n) is 1.05. The average Bonchev–Trinajstić information content (AvgIpc) is 2.18. The van der Waals surface area contributed by atoms with E-state index in [1.54, 1.807) is 0 Å². The minimum atomic E-state index is -0.709. The second-order valence-corrected chi connectivity index (χ2v) is 2.81. The van der Waals surface area contributed by atoms with E-state index in [1.807, 2.05) is 24.3 Å². The number of nitrogens with two attached hydrogens (primary N) is 1. The molecule has 5 heteroatoms. The number of nitriles is 1. The Morgan fingerprint density at radius 3 is 3.13 bits per heavy atom. The molecule has 0 atom stereocenters. The summed E-state index contributed by atoms with van der Waals surface area (Å²) in [6, 6.07) is 8.64. The van der Waals surface area contributed by atoms with Crippen LogP contribution in [0.4, 0.5) is 4.79 Å². The van der Waals surface area contributed by atoms with Crippen molar-refractivity contribution in [2.75, 3.05) is 0 Å². The zero-order chi connectivity index (χ0) is 11.1. The van der Waals surface area contributed by atoms with E-state index in [9.17, 15) is 4.79 Å². The van der Waals surface area contributed by atoms with Crippen LogP contribution in [0.15, 0.2) is 29.4 Å². The summed E-state index contributed by atoms with van der Waals surface area (Å²) in [5.74, 6) is 0. The molecular formula is C10H10N4O. The van der Waals surface area contributed by atoms with Crippen molar-refractivity contribution in [2.24, 2.45) is 10.8 Å². The molecule has 3 N–H and O–H groups in total. The van der Waals surface area contributed by atoms with Gasteiger partial charge in [0.25, 0.3) is 0 Å². The van der Waals surface area contributed by atoms with Gasteiger partial charge in [-0.3, -0.25) is 0 Å². The van der Waals surface area contributed by atoms with Gasteiger partial charge in [0, 0.05) is 0 Å². The van der Waals surface area contributed by atoms with E-state index in [-0.39, 0.29) is 0 Å². The number of amides is 2. The summed E-state index contributed by atoms with van der Waals surface area (Å²) in [5, 5.41) is 12.1.